The van der Waals surface area contributed by atoms with Crippen LogP contribution in [-0.2, 0) is 14.8 Å². The molecule has 0 saturated heterocycles. The second-order valence-corrected chi connectivity index (χ2v) is 7.35. The minimum atomic E-state index is -3.72. The third-order valence-corrected chi connectivity index (χ3v) is 5.45. The number of aliphatic carboxylic acids is 1. The molecule has 2 aromatic rings. The standard InChI is InChI=1S/C15H16N2O4S/c1-9-5-10-3-2-4-16-14(10)13(6-9)22(20,21)17-12-7-11(8-12)15(18)19/h2-6,11-12,17H,7-8H2,1H3,(H,18,19). The highest BCUT2D eigenvalue weighted by atomic mass is 32.2. The van der Waals surface area contributed by atoms with Gasteiger partial charge in [0.05, 0.1) is 11.4 Å². The van der Waals surface area contributed by atoms with Gasteiger partial charge in [-0.2, -0.15) is 0 Å². The lowest BCUT2D eigenvalue weighted by molar-refractivity contribution is -0.145. The lowest BCUT2D eigenvalue weighted by Crippen LogP contribution is -2.46. The van der Waals surface area contributed by atoms with Gasteiger partial charge in [0.25, 0.3) is 0 Å². The van der Waals surface area contributed by atoms with Crippen LogP contribution in [0, 0.1) is 12.8 Å². The zero-order chi connectivity index (χ0) is 15.9. The van der Waals surface area contributed by atoms with Gasteiger partial charge in [0, 0.05) is 17.6 Å². The molecular formula is C15H16N2O4S. The number of pyridine rings is 1. The number of nitrogens with one attached hydrogen (secondary N) is 1. The van der Waals surface area contributed by atoms with E-state index in [2.05, 4.69) is 9.71 Å². The smallest absolute Gasteiger partial charge is 0.306 e. The second-order valence-electron chi connectivity index (χ2n) is 5.66. The molecule has 22 heavy (non-hydrogen) atoms. The van der Waals surface area contributed by atoms with Crippen LogP contribution in [0.15, 0.2) is 35.4 Å². The number of carboxylic acid groups (broad SMARTS) is 1. The Morgan fingerprint density at radius 1 is 1.36 bits per heavy atom. The van der Waals surface area contributed by atoms with E-state index in [4.69, 9.17) is 5.11 Å². The van der Waals surface area contributed by atoms with E-state index in [0.717, 1.165) is 10.9 Å². The quantitative estimate of drug-likeness (QED) is 0.893. The third kappa shape index (κ3) is 2.69. The van der Waals surface area contributed by atoms with Crippen molar-refractivity contribution in [2.75, 3.05) is 0 Å². The van der Waals surface area contributed by atoms with Gasteiger partial charge in [-0.25, -0.2) is 13.1 Å². The van der Waals surface area contributed by atoms with Crippen molar-refractivity contribution in [1.29, 1.82) is 0 Å². The molecule has 1 aliphatic carbocycles. The lowest BCUT2D eigenvalue weighted by atomic mass is 9.81. The summed E-state index contributed by atoms with van der Waals surface area (Å²) >= 11 is 0. The Hall–Kier alpha value is -1.99. The van der Waals surface area contributed by atoms with E-state index in [0.29, 0.717) is 18.4 Å². The van der Waals surface area contributed by atoms with Crippen LogP contribution in [0.3, 0.4) is 0 Å². The van der Waals surface area contributed by atoms with Crippen LogP contribution < -0.4 is 4.72 Å². The number of carboxylic acids is 1. The summed E-state index contributed by atoms with van der Waals surface area (Å²) in [6.45, 7) is 1.83. The molecule has 0 unspecified atom stereocenters. The molecule has 1 fully saturated rings. The number of fused-ring (bicyclic) bond motifs is 1. The summed E-state index contributed by atoms with van der Waals surface area (Å²) in [5, 5.41) is 9.62. The number of hydrogen-bond donors (Lipinski definition) is 2. The zero-order valence-corrected chi connectivity index (χ0v) is 12.8. The third-order valence-electron chi connectivity index (χ3n) is 3.91. The number of benzene rings is 1. The summed E-state index contributed by atoms with van der Waals surface area (Å²) in [5.41, 5.74) is 1.26. The Labute approximate surface area is 128 Å². The average Bonchev–Trinajstić information content (AvgIpc) is 2.41. The summed E-state index contributed by atoms with van der Waals surface area (Å²) in [7, 11) is -3.72. The van der Waals surface area contributed by atoms with Crippen molar-refractivity contribution >= 4 is 26.9 Å². The molecule has 0 spiro atoms. The minimum Gasteiger partial charge on any atom is -0.481 e. The topological polar surface area (TPSA) is 96.4 Å². The van der Waals surface area contributed by atoms with Crippen molar-refractivity contribution in [3.63, 3.8) is 0 Å². The Balaban J connectivity index is 1.91. The monoisotopic (exact) mass is 320 g/mol. The average molecular weight is 320 g/mol. The number of nitrogens with zero attached hydrogens (tertiary/aromatic N) is 1. The van der Waals surface area contributed by atoms with Gasteiger partial charge in [-0.1, -0.05) is 6.07 Å². The highest BCUT2D eigenvalue weighted by Crippen LogP contribution is 2.30. The summed E-state index contributed by atoms with van der Waals surface area (Å²) in [6, 6.07) is 6.72. The molecule has 0 radical (unpaired) electrons. The largest absolute Gasteiger partial charge is 0.481 e. The molecule has 1 aromatic carbocycles. The van der Waals surface area contributed by atoms with Crippen LogP contribution in [0.1, 0.15) is 18.4 Å². The number of hydrogen-bond acceptors (Lipinski definition) is 4. The van der Waals surface area contributed by atoms with E-state index in [-0.39, 0.29) is 10.9 Å². The summed E-state index contributed by atoms with van der Waals surface area (Å²) in [5.74, 6) is -1.34. The second kappa shape index (κ2) is 5.33. The van der Waals surface area contributed by atoms with E-state index in [1.54, 1.807) is 18.3 Å². The fourth-order valence-electron chi connectivity index (χ4n) is 2.71. The Morgan fingerprint density at radius 3 is 2.77 bits per heavy atom. The number of aromatic nitrogens is 1. The molecule has 0 aliphatic heterocycles. The van der Waals surface area contributed by atoms with E-state index in [1.165, 1.54) is 0 Å². The van der Waals surface area contributed by atoms with Crippen molar-refractivity contribution in [1.82, 2.24) is 9.71 Å². The first-order valence-corrected chi connectivity index (χ1v) is 8.45. The molecule has 2 N–H and O–H groups in total. The van der Waals surface area contributed by atoms with Gasteiger partial charge in [-0.15, -0.1) is 0 Å². The molecule has 0 bridgehead atoms. The van der Waals surface area contributed by atoms with Crippen molar-refractivity contribution in [2.45, 2.75) is 30.7 Å². The van der Waals surface area contributed by atoms with E-state index >= 15 is 0 Å². The molecule has 7 heteroatoms. The molecule has 1 aromatic heterocycles. The predicted molar refractivity (Wildman–Crippen MR) is 80.9 cm³/mol. The van der Waals surface area contributed by atoms with Crippen LogP contribution in [0.5, 0.6) is 0 Å². The van der Waals surface area contributed by atoms with Crippen LogP contribution in [0.2, 0.25) is 0 Å². The predicted octanol–water partition coefficient (Wildman–Crippen LogP) is 1.68. The van der Waals surface area contributed by atoms with Gasteiger partial charge in [0.2, 0.25) is 10.0 Å². The van der Waals surface area contributed by atoms with Crippen LogP contribution in [0.4, 0.5) is 0 Å². The normalized spacial score (nSPS) is 21.5. The van der Waals surface area contributed by atoms with Crippen molar-refractivity contribution in [3.05, 3.63) is 36.0 Å². The van der Waals surface area contributed by atoms with E-state index < -0.39 is 21.9 Å². The molecular weight excluding hydrogens is 304 g/mol. The van der Waals surface area contributed by atoms with Gasteiger partial charge in [0.1, 0.15) is 4.90 Å². The molecule has 1 aliphatic rings. The fourth-order valence-corrected chi connectivity index (χ4v) is 4.23. The zero-order valence-electron chi connectivity index (χ0n) is 12.0. The fraction of sp³-hybridized carbons (Fsp3) is 0.333. The van der Waals surface area contributed by atoms with Gasteiger partial charge < -0.3 is 5.11 Å². The first-order valence-electron chi connectivity index (χ1n) is 6.97. The number of rotatable bonds is 4. The maximum Gasteiger partial charge on any atom is 0.306 e. The molecule has 0 amide bonds. The Kier molecular flexibility index (Phi) is 3.62. The maximum absolute atomic E-state index is 12.6. The van der Waals surface area contributed by atoms with Crippen molar-refractivity contribution in [2.24, 2.45) is 5.92 Å². The summed E-state index contributed by atoms with van der Waals surface area (Å²) < 4.78 is 27.7. The number of carbonyl (C=O) groups is 1. The number of sulfonamides is 1. The molecule has 6 nitrogen and oxygen atoms in total. The van der Waals surface area contributed by atoms with E-state index in [1.807, 2.05) is 19.1 Å². The lowest BCUT2D eigenvalue weighted by Gasteiger charge is -2.32. The first-order chi connectivity index (χ1) is 10.4. The SMILES string of the molecule is Cc1cc(S(=O)(=O)NC2CC(C(=O)O)C2)c2ncccc2c1. The maximum atomic E-state index is 12.6. The number of aryl methyl sites for hydroxylation is 1. The minimum absolute atomic E-state index is 0.141. The van der Waals surface area contributed by atoms with Gasteiger partial charge in [-0.05, 0) is 43.5 Å². The Bertz CT molecular complexity index is 842. The molecule has 0 atom stereocenters. The molecule has 1 saturated carbocycles. The van der Waals surface area contributed by atoms with Gasteiger partial charge in [-0.3, -0.25) is 9.78 Å². The first kappa shape index (κ1) is 14.9. The van der Waals surface area contributed by atoms with Crippen molar-refractivity contribution in [3.8, 4) is 0 Å². The highest BCUT2D eigenvalue weighted by molar-refractivity contribution is 7.89. The Morgan fingerprint density at radius 2 is 2.09 bits per heavy atom. The van der Waals surface area contributed by atoms with Crippen LogP contribution in [-0.4, -0.2) is 30.5 Å². The highest BCUT2D eigenvalue weighted by Gasteiger charge is 2.37. The van der Waals surface area contributed by atoms with E-state index in [9.17, 15) is 13.2 Å². The van der Waals surface area contributed by atoms with Gasteiger partial charge >= 0.3 is 5.97 Å². The van der Waals surface area contributed by atoms with Crippen molar-refractivity contribution < 1.29 is 18.3 Å². The summed E-state index contributed by atoms with van der Waals surface area (Å²) in [6.07, 6.45) is 2.21. The molecule has 1 heterocycles. The van der Waals surface area contributed by atoms with Crippen LogP contribution in [0.25, 0.3) is 10.9 Å². The molecule has 116 valence electrons. The molecule has 3 rings (SSSR count). The van der Waals surface area contributed by atoms with Gasteiger partial charge in [0.15, 0.2) is 0 Å². The van der Waals surface area contributed by atoms with Crippen LogP contribution >= 0.6 is 0 Å². The summed E-state index contributed by atoms with van der Waals surface area (Å²) in [4.78, 5) is 15.1.